The number of hydrogen-bond donors (Lipinski definition) is 0. The van der Waals surface area contributed by atoms with Gasteiger partial charge in [0, 0.05) is 81.6 Å². The summed E-state index contributed by atoms with van der Waals surface area (Å²) in [7, 11) is 0. The number of hydrogen-bond acceptors (Lipinski definition) is 10. The Morgan fingerprint density at radius 3 is 2.78 bits per heavy atom. The van der Waals surface area contributed by atoms with Crippen LogP contribution in [0.2, 0.25) is 0 Å². The maximum Gasteiger partial charge on any atom is 0.318 e. The molecule has 2 aromatic rings. The molecule has 11 heteroatoms. The molecule has 1 aromatic carbocycles. The van der Waals surface area contributed by atoms with E-state index >= 15 is 0 Å². The summed E-state index contributed by atoms with van der Waals surface area (Å²) in [5, 5.41) is 9.80. The zero-order chi connectivity index (χ0) is 33.6. The molecule has 11 nitrogen and oxygen atoms in total. The van der Waals surface area contributed by atoms with Crippen molar-refractivity contribution >= 4 is 17.4 Å². The van der Waals surface area contributed by atoms with Crippen molar-refractivity contribution in [2.24, 2.45) is 0 Å². The van der Waals surface area contributed by atoms with Crippen LogP contribution < -0.4 is 14.5 Å². The van der Waals surface area contributed by atoms with Gasteiger partial charge in [0.05, 0.1) is 37.4 Å². The normalized spacial score (nSPS) is 24.9. The number of aromatic nitrogens is 2. The quantitative estimate of drug-likeness (QED) is 0.350. The second-order valence-corrected chi connectivity index (χ2v) is 14.1. The third-order valence-corrected chi connectivity index (χ3v) is 11.2. The van der Waals surface area contributed by atoms with Crippen molar-refractivity contribution in [3.63, 3.8) is 0 Å². The van der Waals surface area contributed by atoms with Gasteiger partial charge in [-0.2, -0.15) is 15.2 Å². The van der Waals surface area contributed by atoms with Gasteiger partial charge in [0.25, 0.3) is 0 Å². The van der Waals surface area contributed by atoms with Crippen molar-refractivity contribution in [1.29, 1.82) is 5.26 Å². The lowest BCUT2D eigenvalue weighted by Gasteiger charge is -2.43. The highest BCUT2D eigenvalue weighted by Gasteiger charge is 2.35. The number of likely N-dealkylation sites (tertiary alicyclic amines) is 1. The lowest BCUT2D eigenvalue weighted by molar-refractivity contribution is -0.128. The molecule has 262 valence electrons. The number of rotatable bonds is 10. The Morgan fingerprint density at radius 2 is 1.92 bits per heavy atom. The number of benzene rings is 1. The zero-order valence-corrected chi connectivity index (χ0v) is 29.1. The molecule has 0 spiro atoms. The zero-order valence-electron chi connectivity index (χ0n) is 29.1. The molecule has 5 heterocycles. The van der Waals surface area contributed by atoms with Crippen LogP contribution in [0.5, 0.6) is 6.01 Å². The highest BCUT2D eigenvalue weighted by Crippen LogP contribution is 2.37. The predicted octanol–water partition coefficient (Wildman–Crippen LogP) is 3.47. The second kappa shape index (κ2) is 15.9. The second-order valence-electron chi connectivity index (χ2n) is 14.1. The van der Waals surface area contributed by atoms with E-state index in [1.54, 1.807) is 6.08 Å². The number of nitrogens with zero attached hydrogens (tertiary/aromatic N) is 8. The van der Waals surface area contributed by atoms with Crippen LogP contribution in [0.4, 0.5) is 11.5 Å². The van der Waals surface area contributed by atoms with Crippen LogP contribution in [0, 0.1) is 11.3 Å². The molecule has 1 amide bonds. The number of piperazine rings is 1. The van der Waals surface area contributed by atoms with E-state index in [4.69, 9.17) is 19.4 Å². The van der Waals surface area contributed by atoms with Crippen LogP contribution in [0.3, 0.4) is 0 Å². The van der Waals surface area contributed by atoms with Gasteiger partial charge in [-0.05, 0) is 63.2 Å². The largest absolute Gasteiger partial charge is 0.462 e. The lowest BCUT2D eigenvalue weighted by atomic mass is 9.88. The van der Waals surface area contributed by atoms with Gasteiger partial charge in [-0.15, -0.1) is 0 Å². The third-order valence-electron chi connectivity index (χ3n) is 11.2. The first-order valence-corrected chi connectivity index (χ1v) is 18.6. The molecular weight excluding hydrogens is 616 g/mol. The monoisotopic (exact) mass is 668 g/mol. The number of para-hydroxylation sites is 1. The van der Waals surface area contributed by atoms with Gasteiger partial charge in [-0.3, -0.25) is 14.6 Å². The molecule has 7 rings (SSSR count). The minimum atomic E-state index is -0.216. The number of nitriles is 1. The summed E-state index contributed by atoms with van der Waals surface area (Å²) in [6.45, 7) is 11.7. The fourth-order valence-corrected chi connectivity index (χ4v) is 8.56. The van der Waals surface area contributed by atoms with Crippen molar-refractivity contribution in [1.82, 2.24) is 24.7 Å². The molecule has 0 N–H and O–H groups in total. The fraction of sp³-hybridized carbons (Fsp3) is 0.632. The minimum absolute atomic E-state index is 0.0244. The average molecular weight is 669 g/mol. The van der Waals surface area contributed by atoms with Crippen molar-refractivity contribution in [3.05, 3.63) is 53.2 Å². The van der Waals surface area contributed by atoms with Gasteiger partial charge >= 0.3 is 6.01 Å². The summed E-state index contributed by atoms with van der Waals surface area (Å²) >= 11 is 0. The van der Waals surface area contributed by atoms with Crippen molar-refractivity contribution < 1.29 is 14.3 Å². The molecular formula is C38H52N8O3. The molecule has 3 saturated heterocycles. The van der Waals surface area contributed by atoms with E-state index in [0.29, 0.717) is 44.3 Å². The van der Waals surface area contributed by atoms with E-state index in [-0.39, 0.29) is 18.4 Å². The standard InChI is InChI=1S/C38H52N8O3/c1-2-43-18-6-10-32(43)28-49-38-40-34-26-30(45-19-5-9-29-8-3-4-11-35(29)45)13-14-33(34)37(41-38)44-20-21-46(31(27-44)15-16-39)36(47)12-7-17-42-22-24-48-25-23-42/h3-4,7-8,11-12,30-32H,2,5-6,9-10,13-15,17-28H2,1H3. The molecule has 3 fully saturated rings. The summed E-state index contributed by atoms with van der Waals surface area (Å²) in [5.74, 6) is 0.901. The summed E-state index contributed by atoms with van der Waals surface area (Å²) in [6.07, 6.45) is 11.4. The van der Waals surface area contributed by atoms with Gasteiger partial charge in [0.1, 0.15) is 12.4 Å². The maximum atomic E-state index is 13.4. The molecule has 4 aliphatic heterocycles. The van der Waals surface area contributed by atoms with E-state index in [2.05, 4.69) is 56.9 Å². The molecule has 1 aliphatic carbocycles. The first-order chi connectivity index (χ1) is 24.1. The molecule has 49 heavy (non-hydrogen) atoms. The molecule has 1 aromatic heterocycles. The summed E-state index contributed by atoms with van der Waals surface area (Å²) in [6, 6.07) is 12.2. The molecule has 3 unspecified atom stereocenters. The van der Waals surface area contributed by atoms with E-state index in [1.165, 1.54) is 29.7 Å². The van der Waals surface area contributed by atoms with Gasteiger partial charge < -0.3 is 24.2 Å². The lowest BCUT2D eigenvalue weighted by Crippen LogP contribution is -2.55. The Balaban J connectivity index is 1.11. The molecule has 3 atom stereocenters. The summed E-state index contributed by atoms with van der Waals surface area (Å²) < 4.78 is 11.9. The Hall–Kier alpha value is -3.72. The van der Waals surface area contributed by atoms with E-state index < -0.39 is 0 Å². The highest BCUT2D eigenvalue weighted by molar-refractivity contribution is 5.88. The van der Waals surface area contributed by atoms with Crippen LogP contribution in [-0.2, 0) is 28.8 Å². The number of anilines is 2. The Morgan fingerprint density at radius 1 is 1.04 bits per heavy atom. The van der Waals surface area contributed by atoms with Gasteiger partial charge in [-0.25, -0.2) is 0 Å². The van der Waals surface area contributed by atoms with Crippen LogP contribution >= 0.6 is 0 Å². The highest BCUT2D eigenvalue weighted by atomic mass is 16.5. The minimum Gasteiger partial charge on any atom is -0.462 e. The predicted molar refractivity (Wildman–Crippen MR) is 190 cm³/mol. The number of aryl methyl sites for hydroxylation is 1. The van der Waals surface area contributed by atoms with Gasteiger partial charge in [0.15, 0.2) is 0 Å². The van der Waals surface area contributed by atoms with Crippen molar-refractivity contribution in [2.45, 2.75) is 76.4 Å². The third kappa shape index (κ3) is 7.72. The summed E-state index contributed by atoms with van der Waals surface area (Å²) in [5.41, 5.74) is 5.09. The van der Waals surface area contributed by atoms with E-state index in [1.807, 2.05) is 11.0 Å². The van der Waals surface area contributed by atoms with Crippen LogP contribution in [0.1, 0.15) is 55.8 Å². The molecule has 0 saturated carbocycles. The molecule has 5 aliphatic rings. The number of fused-ring (bicyclic) bond motifs is 2. The first kappa shape index (κ1) is 33.8. The van der Waals surface area contributed by atoms with Crippen molar-refractivity contribution in [2.75, 3.05) is 88.5 Å². The number of carbonyl (C=O) groups excluding carboxylic acids is 1. The van der Waals surface area contributed by atoms with Gasteiger partial charge in [0.2, 0.25) is 5.91 Å². The Kier molecular flexibility index (Phi) is 10.9. The average Bonchev–Trinajstić information content (AvgIpc) is 3.61. The first-order valence-electron chi connectivity index (χ1n) is 18.6. The van der Waals surface area contributed by atoms with Crippen LogP contribution in [-0.4, -0.2) is 127 Å². The number of morpholine rings is 1. The number of carbonyl (C=O) groups is 1. The fourth-order valence-electron chi connectivity index (χ4n) is 8.56. The van der Waals surface area contributed by atoms with E-state index in [0.717, 1.165) is 96.1 Å². The smallest absolute Gasteiger partial charge is 0.318 e. The van der Waals surface area contributed by atoms with E-state index in [9.17, 15) is 10.1 Å². The Bertz CT molecular complexity index is 1520. The number of likely N-dealkylation sites (N-methyl/N-ethyl adjacent to an activating group) is 1. The van der Waals surface area contributed by atoms with Crippen LogP contribution in [0.15, 0.2) is 36.4 Å². The maximum absolute atomic E-state index is 13.4. The van der Waals surface area contributed by atoms with Crippen LogP contribution in [0.25, 0.3) is 0 Å². The SMILES string of the molecule is CCN1CCCC1COc1nc2c(c(N3CCN(C(=O)C=CCN4CCOCC4)C(CC#N)C3)n1)CCC(N1CCCc3ccccc31)C2. The molecule has 0 bridgehead atoms. The van der Waals surface area contributed by atoms with Crippen molar-refractivity contribution in [3.8, 4) is 12.1 Å². The topological polar surface area (TPSA) is 101 Å². The number of amides is 1. The summed E-state index contributed by atoms with van der Waals surface area (Å²) in [4.78, 5) is 35.2. The number of ether oxygens (including phenoxy) is 2. The Labute approximate surface area is 291 Å². The van der Waals surface area contributed by atoms with Gasteiger partial charge in [-0.1, -0.05) is 31.2 Å². The molecule has 0 radical (unpaired) electrons.